The molecule has 0 fully saturated rings. The topological polar surface area (TPSA) is 77.1 Å². The van der Waals surface area contributed by atoms with Crippen LogP contribution < -0.4 is 5.32 Å². The molecule has 3 aromatic heterocycles. The first kappa shape index (κ1) is 15.1. The number of benzene rings is 1. The Morgan fingerprint density at radius 2 is 1.80 bits per heavy atom. The van der Waals surface area contributed by atoms with Crippen molar-refractivity contribution in [1.82, 2.24) is 24.6 Å². The summed E-state index contributed by atoms with van der Waals surface area (Å²) in [5.41, 5.74) is 2.20. The second kappa shape index (κ2) is 6.56. The predicted molar refractivity (Wildman–Crippen MR) is 93.0 cm³/mol. The minimum absolute atomic E-state index is 0.115. The van der Waals surface area contributed by atoms with Gasteiger partial charge in [0.2, 0.25) is 11.6 Å². The minimum atomic E-state index is -0.367. The summed E-state index contributed by atoms with van der Waals surface area (Å²) in [7, 11) is 0. The van der Waals surface area contributed by atoms with Crippen molar-refractivity contribution in [2.75, 3.05) is 5.32 Å². The molecule has 7 nitrogen and oxygen atoms in total. The van der Waals surface area contributed by atoms with E-state index in [1.54, 1.807) is 18.3 Å². The Labute approximate surface area is 143 Å². The lowest BCUT2D eigenvalue weighted by molar-refractivity contribution is -0.119. The lowest BCUT2D eigenvalue weighted by atomic mass is 10.1. The van der Waals surface area contributed by atoms with Gasteiger partial charge in [0.1, 0.15) is 6.04 Å². The van der Waals surface area contributed by atoms with E-state index in [2.05, 4.69) is 20.8 Å². The number of nitrogens with zero attached hydrogens (tertiary/aromatic N) is 5. The Morgan fingerprint density at radius 1 is 1.00 bits per heavy atom. The van der Waals surface area contributed by atoms with Gasteiger partial charge < -0.3 is 9.88 Å². The maximum atomic E-state index is 13.0. The van der Waals surface area contributed by atoms with Gasteiger partial charge in [-0.1, -0.05) is 30.3 Å². The maximum Gasteiger partial charge on any atom is 0.247 e. The molecule has 0 saturated heterocycles. The number of rotatable bonds is 5. The molecule has 1 atom stereocenters. The van der Waals surface area contributed by atoms with Gasteiger partial charge in [-0.05, 0) is 40.3 Å². The Morgan fingerprint density at radius 3 is 2.60 bits per heavy atom. The lowest BCUT2D eigenvalue weighted by Crippen LogP contribution is -2.27. The van der Waals surface area contributed by atoms with Gasteiger partial charge in [-0.15, -0.1) is 5.10 Å². The molecule has 1 amide bonds. The Bertz CT molecular complexity index is 977. The highest BCUT2D eigenvalue weighted by Crippen LogP contribution is 2.19. The van der Waals surface area contributed by atoms with Gasteiger partial charge in [0.25, 0.3) is 0 Å². The predicted octanol–water partition coefficient (Wildman–Crippen LogP) is 2.35. The van der Waals surface area contributed by atoms with Crippen LogP contribution >= 0.6 is 0 Å². The molecule has 0 unspecified atom stereocenters. The van der Waals surface area contributed by atoms with Crippen molar-refractivity contribution in [3.05, 3.63) is 78.8 Å². The van der Waals surface area contributed by atoms with Crippen LogP contribution in [0.3, 0.4) is 0 Å². The van der Waals surface area contributed by atoms with Crippen molar-refractivity contribution in [2.45, 2.75) is 12.5 Å². The summed E-state index contributed by atoms with van der Waals surface area (Å²) < 4.78 is 3.43. The summed E-state index contributed by atoms with van der Waals surface area (Å²) in [6, 6.07) is 17.0. The van der Waals surface area contributed by atoms with Crippen LogP contribution in [0.25, 0.3) is 5.65 Å². The third kappa shape index (κ3) is 3.12. The van der Waals surface area contributed by atoms with Crippen LogP contribution in [0.1, 0.15) is 11.6 Å². The molecule has 3 heterocycles. The lowest BCUT2D eigenvalue weighted by Gasteiger charge is -2.19. The summed E-state index contributed by atoms with van der Waals surface area (Å²) in [5.74, 6) is -0.115. The van der Waals surface area contributed by atoms with Gasteiger partial charge in [0, 0.05) is 25.0 Å². The first-order chi connectivity index (χ1) is 12.3. The van der Waals surface area contributed by atoms with Gasteiger partial charge in [-0.25, -0.2) is 0 Å². The fraction of sp³-hybridized carbons (Fsp3) is 0.111. The minimum Gasteiger partial charge on any atom is -0.342 e. The van der Waals surface area contributed by atoms with Crippen LogP contribution in [0, 0.1) is 0 Å². The normalized spacial score (nSPS) is 12.2. The Balaban J connectivity index is 1.63. The second-order valence-corrected chi connectivity index (χ2v) is 5.69. The van der Waals surface area contributed by atoms with Crippen LogP contribution in [0.4, 0.5) is 5.69 Å². The SMILES string of the molecule is O=C(Nc1cccn2nnnc12)[C@@H](Cc1ccccc1)n1cccc1. The third-order valence-electron chi connectivity index (χ3n) is 4.04. The van der Waals surface area contributed by atoms with Gasteiger partial charge >= 0.3 is 0 Å². The summed E-state index contributed by atoms with van der Waals surface area (Å²) in [6.07, 6.45) is 6.12. The third-order valence-corrected chi connectivity index (χ3v) is 4.04. The molecule has 0 aliphatic heterocycles. The fourth-order valence-electron chi connectivity index (χ4n) is 2.81. The van der Waals surface area contributed by atoms with Crippen molar-refractivity contribution < 1.29 is 4.79 Å². The number of carbonyl (C=O) groups is 1. The molecule has 0 spiro atoms. The molecule has 1 aromatic carbocycles. The van der Waals surface area contributed by atoms with Crippen molar-refractivity contribution in [3.63, 3.8) is 0 Å². The number of carbonyl (C=O) groups excluding carboxylic acids is 1. The molecular weight excluding hydrogens is 316 g/mol. The summed E-state index contributed by atoms with van der Waals surface area (Å²) >= 11 is 0. The molecule has 4 rings (SSSR count). The van der Waals surface area contributed by atoms with Gasteiger partial charge in [-0.2, -0.15) is 4.52 Å². The smallest absolute Gasteiger partial charge is 0.247 e. The maximum absolute atomic E-state index is 13.0. The van der Waals surface area contributed by atoms with Crippen molar-refractivity contribution in [2.24, 2.45) is 0 Å². The van der Waals surface area contributed by atoms with E-state index in [1.165, 1.54) is 4.52 Å². The molecule has 0 bridgehead atoms. The summed E-state index contributed by atoms with van der Waals surface area (Å²) in [5, 5.41) is 14.4. The highest BCUT2D eigenvalue weighted by Gasteiger charge is 2.21. The molecule has 7 heteroatoms. The Hall–Kier alpha value is -3.48. The number of anilines is 1. The number of amides is 1. The van der Waals surface area contributed by atoms with Crippen LogP contribution in [0.2, 0.25) is 0 Å². The van der Waals surface area contributed by atoms with E-state index in [4.69, 9.17) is 0 Å². The van der Waals surface area contributed by atoms with Gasteiger partial charge in [0.05, 0.1) is 5.69 Å². The van der Waals surface area contributed by atoms with Crippen molar-refractivity contribution >= 4 is 17.2 Å². The van der Waals surface area contributed by atoms with Crippen molar-refractivity contribution in [1.29, 1.82) is 0 Å². The number of hydrogen-bond donors (Lipinski definition) is 1. The number of pyridine rings is 1. The average Bonchev–Trinajstić information content (AvgIpc) is 3.32. The Kier molecular flexibility index (Phi) is 3.96. The standard InChI is InChI=1S/C18H16N6O/c25-18(19-15-9-6-12-24-17(15)20-21-22-24)16(23-10-4-5-11-23)13-14-7-2-1-3-8-14/h1-12,16H,13H2,(H,19,25)/t16-/m1/s1. The fourth-order valence-corrected chi connectivity index (χ4v) is 2.81. The van der Waals surface area contributed by atoms with E-state index in [9.17, 15) is 4.79 Å². The summed E-state index contributed by atoms with van der Waals surface area (Å²) in [6.45, 7) is 0. The molecule has 1 N–H and O–H groups in total. The molecule has 124 valence electrons. The van der Waals surface area contributed by atoms with Crippen LogP contribution in [-0.2, 0) is 11.2 Å². The van der Waals surface area contributed by atoms with E-state index in [0.29, 0.717) is 17.8 Å². The number of fused-ring (bicyclic) bond motifs is 1. The van der Waals surface area contributed by atoms with Crippen molar-refractivity contribution in [3.8, 4) is 0 Å². The van der Waals surface area contributed by atoms with E-state index in [1.807, 2.05) is 59.4 Å². The first-order valence-electron chi connectivity index (χ1n) is 7.95. The van der Waals surface area contributed by atoms with E-state index in [-0.39, 0.29) is 11.9 Å². The average molecular weight is 332 g/mol. The van der Waals surface area contributed by atoms with Gasteiger partial charge in [-0.3, -0.25) is 4.79 Å². The molecular formula is C18H16N6O. The number of aromatic nitrogens is 5. The van der Waals surface area contributed by atoms with Crippen LogP contribution in [0.5, 0.6) is 0 Å². The molecule has 0 radical (unpaired) electrons. The van der Waals surface area contributed by atoms with E-state index in [0.717, 1.165) is 5.56 Å². The number of tetrazole rings is 1. The second-order valence-electron chi connectivity index (χ2n) is 5.69. The quantitative estimate of drug-likeness (QED) is 0.608. The first-order valence-corrected chi connectivity index (χ1v) is 7.95. The largest absolute Gasteiger partial charge is 0.342 e. The highest BCUT2D eigenvalue weighted by molar-refractivity contribution is 5.96. The zero-order valence-corrected chi connectivity index (χ0v) is 13.4. The van der Waals surface area contributed by atoms with E-state index < -0.39 is 0 Å². The number of nitrogens with one attached hydrogen (secondary N) is 1. The molecule has 4 aromatic rings. The number of hydrogen-bond acceptors (Lipinski definition) is 4. The van der Waals surface area contributed by atoms with Crippen LogP contribution in [-0.4, -0.2) is 30.5 Å². The monoisotopic (exact) mass is 332 g/mol. The molecule has 0 aliphatic rings. The van der Waals surface area contributed by atoms with Crippen LogP contribution in [0.15, 0.2) is 73.2 Å². The van der Waals surface area contributed by atoms with Gasteiger partial charge in [0.15, 0.2) is 0 Å². The molecule has 0 aliphatic carbocycles. The zero-order chi connectivity index (χ0) is 17.1. The zero-order valence-electron chi connectivity index (χ0n) is 13.4. The summed E-state index contributed by atoms with van der Waals surface area (Å²) in [4.78, 5) is 13.0. The van der Waals surface area contributed by atoms with E-state index >= 15 is 0 Å². The molecule has 0 saturated carbocycles. The molecule has 25 heavy (non-hydrogen) atoms. The highest BCUT2D eigenvalue weighted by atomic mass is 16.2.